The summed E-state index contributed by atoms with van der Waals surface area (Å²) in [5.74, 6) is 0. The minimum absolute atomic E-state index is 0.513. The van der Waals surface area contributed by atoms with Gasteiger partial charge in [-0.25, -0.2) is 0 Å². The first-order valence-corrected chi connectivity index (χ1v) is 6.93. The van der Waals surface area contributed by atoms with E-state index in [0.29, 0.717) is 13.0 Å². The van der Waals surface area contributed by atoms with Gasteiger partial charge in [0, 0.05) is 25.8 Å². The second-order valence-electron chi connectivity index (χ2n) is 4.94. The van der Waals surface area contributed by atoms with Crippen molar-refractivity contribution in [2.24, 2.45) is 0 Å². The van der Waals surface area contributed by atoms with Crippen LogP contribution in [0.4, 0.5) is 0 Å². The molecule has 2 rings (SSSR count). The number of aliphatic hydroxyl groups is 1. The van der Waals surface area contributed by atoms with Crippen molar-refractivity contribution >= 4 is 0 Å². The molecular formula is C16H22N2O2. The van der Waals surface area contributed by atoms with Gasteiger partial charge in [0.1, 0.15) is 0 Å². The monoisotopic (exact) mass is 274 g/mol. The summed E-state index contributed by atoms with van der Waals surface area (Å²) in [4.78, 5) is 0. The Kier molecular flexibility index (Phi) is 4.93. The van der Waals surface area contributed by atoms with Gasteiger partial charge in [0.15, 0.2) is 0 Å². The van der Waals surface area contributed by atoms with Crippen molar-refractivity contribution in [3.63, 3.8) is 0 Å². The first-order chi connectivity index (χ1) is 9.65. The van der Waals surface area contributed by atoms with Crippen LogP contribution in [0.2, 0.25) is 0 Å². The van der Waals surface area contributed by atoms with Crippen LogP contribution in [0.1, 0.15) is 35.5 Å². The molecule has 0 spiro atoms. The molecule has 108 valence electrons. The van der Waals surface area contributed by atoms with Gasteiger partial charge in [-0.15, -0.1) is 0 Å². The van der Waals surface area contributed by atoms with Gasteiger partial charge in [-0.05, 0) is 31.0 Å². The lowest BCUT2D eigenvalue weighted by atomic mass is 9.99. The summed E-state index contributed by atoms with van der Waals surface area (Å²) >= 11 is 0. The van der Waals surface area contributed by atoms with Gasteiger partial charge in [0.05, 0.1) is 18.4 Å². The molecule has 4 nitrogen and oxygen atoms in total. The number of hydrogen-bond acceptors (Lipinski definition) is 3. The van der Waals surface area contributed by atoms with E-state index >= 15 is 0 Å². The summed E-state index contributed by atoms with van der Waals surface area (Å²) in [5, 5.41) is 14.9. The SMILES string of the molecule is CCn1nc(C)cc1CC(O)c1ccccc1COC. The number of benzene rings is 1. The van der Waals surface area contributed by atoms with Gasteiger partial charge in [0.25, 0.3) is 0 Å². The Morgan fingerprint density at radius 1 is 1.35 bits per heavy atom. The molecule has 1 N–H and O–H groups in total. The molecule has 0 saturated carbocycles. The Hall–Kier alpha value is -1.65. The van der Waals surface area contributed by atoms with E-state index in [2.05, 4.69) is 12.0 Å². The number of hydrogen-bond donors (Lipinski definition) is 1. The molecule has 0 aliphatic carbocycles. The maximum Gasteiger partial charge on any atom is 0.0848 e. The van der Waals surface area contributed by atoms with E-state index in [1.54, 1.807) is 7.11 Å². The molecule has 0 saturated heterocycles. The van der Waals surface area contributed by atoms with Crippen LogP contribution in [0.15, 0.2) is 30.3 Å². The predicted molar refractivity (Wildman–Crippen MR) is 78.5 cm³/mol. The number of aryl methyl sites for hydroxylation is 2. The van der Waals surface area contributed by atoms with Crippen molar-refractivity contribution in [2.45, 2.75) is 39.5 Å². The van der Waals surface area contributed by atoms with Gasteiger partial charge in [0.2, 0.25) is 0 Å². The fourth-order valence-corrected chi connectivity index (χ4v) is 2.49. The van der Waals surface area contributed by atoms with Crippen LogP contribution in [-0.2, 0) is 24.3 Å². The standard InChI is InChI=1S/C16H22N2O2/c1-4-18-14(9-12(2)17-18)10-16(19)15-8-6-5-7-13(15)11-20-3/h5-9,16,19H,4,10-11H2,1-3H3. The normalized spacial score (nSPS) is 12.6. The van der Waals surface area contributed by atoms with Crippen molar-refractivity contribution in [1.29, 1.82) is 0 Å². The zero-order chi connectivity index (χ0) is 14.5. The number of aromatic nitrogens is 2. The molecule has 0 bridgehead atoms. The topological polar surface area (TPSA) is 47.3 Å². The maximum atomic E-state index is 10.5. The van der Waals surface area contributed by atoms with Crippen LogP contribution in [0, 0.1) is 6.92 Å². The minimum atomic E-state index is -0.539. The Morgan fingerprint density at radius 2 is 2.10 bits per heavy atom. The third-order valence-corrected chi connectivity index (χ3v) is 3.40. The van der Waals surface area contributed by atoms with Crippen molar-refractivity contribution in [2.75, 3.05) is 7.11 Å². The fraction of sp³-hybridized carbons (Fsp3) is 0.438. The molecule has 2 aromatic rings. The van der Waals surface area contributed by atoms with E-state index in [4.69, 9.17) is 4.74 Å². The summed E-state index contributed by atoms with van der Waals surface area (Å²) in [5.41, 5.74) is 4.00. The first-order valence-electron chi connectivity index (χ1n) is 6.93. The second-order valence-corrected chi connectivity index (χ2v) is 4.94. The number of ether oxygens (including phenoxy) is 1. The second kappa shape index (κ2) is 6.68. The molecule has 0 fully saturated rings. The number of aliphatic hydroxyl groups excluding tert-OH is 1. The highest BCUT2D eigenvalue weighted by Crippen LogP contribution is 2.23. The number of nitrogens with zero attached hydrogens (tertiary/aromatic N) is 2. The number of methoxy groups -OCH3 is 1. The van der Waals surface area contributed by atoms with E-state index in [9.17, 15) is 5.11 Å². The highest BCUT2D eigenvalue weighted by atomic mass is 16.5. The molecule has 0 radical (unpaired) electrons. The zero-order valence-corrected chi connectivity index (χ0v) is 12.3. The zero-order valence-electron chi connectivity index (χ0n) is 12.3. The maximum absolute atomic E-state index is 10.5. The van der Waals surface area contributed by atoms with Crippen LogP contribution in [0.5, 0.6) is 0 Å². The van der Waals surface area contributed by atoms with Gasteiger partial charge in [-0.1, -0.05) is 24.3 Å². The third kappa shape index (κ3) is 3.26. The molecule has 1 atom stereocenters. The third-order valence-electron chi connectivity index (χ3n) is 3.40. The lowest BCUT2D eigenvalue weighted by Crippen LogP contribution is -2.10. The lowest BCUT2D eigenvalue weighted by Gasteiger charge is -2.15. The quantitative estimate of drug-likeness (QED) is 0.881. The van der Waals surface area contributed by atoms with Crippen molar-refractivity contribution < 1.29 is 9.84 Å². The van der Waals surface area contributed by atoms with Crippen molar-refractivity contribution in [1.82, 2.24) is 9.78 Å². The van der Waals surface area contributed by atoms with Gasteiger partial charge in [-0.2, -0.15) is 5.10 Å². The molecular weight excluding hydrogens is 252 g/mol. The molecule has 0 amide bonds. The van der Waals surface area contributed by atoms with Crippen LogP contribution >= 0.6 is 0 Å². The first kappa shape index (κ1) is 14.8. The molecule has 0 aliphatic heterocycles. The van der Waals surface area contributed by atoms with E-state index in [-0.39, 0.29) is 0 Å². The van der Waals surface area contributed by atoms with Gasteiger partial charge < -0.3 is 9.84 Å². The highest BCUT2D eigenvalue weighted by molar-refractivity contribution is 5.29. The average molecular weight is 274 g/mol. The molecule has 1 unspecified atom stereocenters. The smallest absolute Gasteiger partial charge is 0.0848 e. The van der Waals surface area contributed by atoms with E-state index in [1.807, 2.05) is 41.9 Å². The largest absolute Gasteiger partial charge is 0.388 e. The van der Waals surface area contributed by atoms with Crippen molar-refractivity contribution in [3.8, 4) is 0 Å². The Labute approximate surface area is 120 Å². The van der Waals surface area contributed by atoms with Crippen LogP contribution in [0.3, 0.4) is 0 Å². The van der Waals surface area contributed by atoms with Crippen LogP contribution < -0.4 is 0 Å². The molecule has 4 heteroatoms. The van der Waals surface area contributed by atoms with E-state index < -0.39 is 6.10 Å². The number of rotatable bonds is 6. The average Bonchev–Trinajstić information content (AvgIpc) is 2.79. The molecule has 20 heavy (non-hydrogen) atoms. The fourth-order valence-electron chi connectivity index (χ4n) is 2.49. The molecule has 1 aromatic carbocycles. The summed E-state index contributed by atoms with van der Waals surface area (Å²) in [7, 11) is 1.67. The van der Waals surface area contributed by atoms with Gasteiger partial charge >= 0.3 is 0 Å². The summed E-state index contributed by atoms with van der Waals surface area (Å²) in [6, 6.07) is 9.89. The summed E-state index contributed by atoms with van der Waals surface area (Å²) < 4.78 is 7.13. The highest BCUT2D eigenvalue weighted by Gasteiger charge is 2.15. The Morgan fingerprint density at radius 3 is 2.80 bits per heavy atom. The summed E-state index contributed by atoms with van der Waals surface area (Å²) in [6.07, 6.45) is 0.0258. The lowest BCUT2D eigenvalue weighted by molar-refractivity contribution is 0.160. The van der Waals surface area contributed by atoms with E-state index in [1.165, 1.54) is 0 Å². The predicted octanol–water partition coefficient (Wildman–Crippen LogP) is 2.63. The van der Waals surface area contributed by atoms with Crippen LogP contribution in [0.25, 0.3) is 0 Å². The Bertz CT molecular complexity index is 563. The minimum Gasteiger partial charge on any atom is -0.388 e. The van der Waals surface area contributed by atoms with E-state index in [0.717, 1.165) is 29.1 Å². The molecule has 0 aliphatic rings. The summed E-state index contributed by atoms with van der Waals surface area (Å²) in [6.45, 7) is 5.36. The van der Waals surface area contributed by atoms with Crippen molar-refractivity contribution in [3.05, 3.63) is 52.8 Å². The van der Waals surface area contributed by atoms with Crippen LogP contribution in [-0.4, -0.2) is 22.0 Å². The molecule has 1 heterocycles. The Balaban J connectivity index is 2.21. The molecule has 1 aromatic heterocycles. The van der Waals surface area contributed by atoms with Gasteiger partial charge in [-0.3, -0.25) is 4.68 Å².